The van der Waals surface area contributed by atoms with Gasteiger partial charge in [0, 0.05) is 29.6 Å². The van der Waals surface area contributed by atoms with Gasteiger partial charge < -0.3 is 9.67 Å². The van der Waals surface area contributed by atoms with E-state index in [0.717, 1.165) is 39.6 Å². The lowest BCUT2D eigenvalue weighted by Crippen LogP contribution is -2.16. The lowest BCUT2D eigenvalue weighted by molar-refractivity contribution is 0.0741. The second-order valence-corrected chi connectivity index (χ2v) is 11.3. The molecular formula is C27H27ClN2O3S. The summed E-state index contributed by atoms with van der Waals surface area (Å²) in [6.45, 7) is 3.44. The first kappa shape index (κ1) is 24.2. The van der Waals surface area contributed by atoms with E-state index in [2.05, 4.69) is 0 Å². The van der Waals surface area contributed by atoms with Crippen LogP contribution in [0.15, 0.2) is 83.9 Å². The van der Waals surface area contributed by atoms with Gasteiger partial charge in [0.05, 0.1) is 10.6 Å². The van der Waals surface area contributed by atoms with Crippen LogP contribution in [-0.4, -0.2) is 29.3 Å². The Morgan fingerprint density at radius 3 is 2.29 bits per heavy atom. The van der Waals surface area contributed by atoms with Crippen molar-refractivity contribution < 1.29 is 13.5 Å². The molecule has 1 N–H and O–H groups in total. The Labute approximate surface area is 205 Å². The first-order valence-electron chi connectivity index (χ1n) is 11.0. The molecule has 0 spiro atoms. The average Bonchev–Trinajstić information content (AvgIpc) is 3.23. The maximum Gasteiger partial charge on any atom is 0.175 e. The van der Waals surface area contributed by atoms with Crippen LogP contribution in [0.5, 0.6) is 0 Å². The summed E-state index contributed by atoms with van der Waals surface area (Å²) < 4.78 is 25.8. The van der Waals surface area contributed by atoms with E-state index in [9.17, 15) is 13.5 Å². The van der Waals surface area contributed by atoms with E-state index in [1.165, 1.54) is 6.26 Å². The molecule has 4 rings (SSSR count). The number of aryl methyl sites for hydroxylation is 2. The Bertz CT molecular complexity index is 1420. The second kappa shape index (κ2) is 9.37. The van der Waals surface area contributed by atoms with Gasteiger partial charge in [-0.15, -0.1) is 0 Å². The summed E-state index contributed by atoms with van der Waals surface area (Å²) >= 11 is 6.34. The van der Waals surface area contributed by atoms with Gasteiger partial charge in [0.2, 0.25) is 0 Å². The number of rotatable bonds is 7. The van der Waals surface area contributed by atoms with Crippen molar-refractivity contribution in [1.82, 2.24) is 9.55 Å². The van der Waals surface area contributed by atoms with Gasteiger partial charge in [-0.1, -0.05) is 54.1 Å². The smallest absolute Gasteiger partial charge is 0.175 e. The minimum absolute atomic E-state index is 0.292. The van der Waals surface area contributed by atoms with Crippen LogP contribution in [0.1, 0.15) is 30.9 Å². The van der Waals surface area contributed by atoms with Crippen molar-refractivity contribution in [2.75, 3.05) is 6.26 Å². The van der Waals surface area contributed by atoms with Crippen molar-refractivity contribution in [2.45, 2.75) is 37.2 Å². The van der Waals surface area contributed by atoms with Crippen LogP contribution >= 0.6 is 11.6 Å². The van der Waals surface area contributed by atoms with E-state index in [1.807, 2.05) is 65.4 Å². The largest absolute Gasteiger partial charge is 0.384 e. The molecule has 34 heavy (non-hydrogen) atoms. The van der Waals surface area contributed by atoms with Crippen molar-refractivity contribution in [3.8, 4) is 16.8 Å². The minimum atomic E-state index is -3.28. The Kier molecular flexibility index (Phi) is 6.67. The van der Waals surface area contributed by atoms with Gasteiger partial charge >= 0.3 is 0 Å². The molecule has 0 unspecified atom stereocenters. The zero-order valence-corrected chi connectivity index (χ0v) is 20.9. The van der Waals surface area contributed by atoms with E-state index >= 15 is 0 Å². The second-order valence-electron chi connectivity index (χ2n) is 8.91. The summed E-state index contributed by atoms with van der Waals surface area (Å²) in [5.41, 5.74) is 3.21. The molecule has 0 fully saturated rings. The molecule has 0 radical (unpaired) electrons. The van der Waals surface area contributed by atoms with Crippen molar-refractivity contribution in [1.29, 1.82) is 0 Å². The number of benzene rings is 3. The first-order chi connectivity index (χ1) is 16.0. The number of aliphatic hydroxyl groups is 1. The van der Waals surface area contributed by atoms with E-state index in [1.54, 1.807) is 32.0 Å². The summed E-state index contributed by atoms with van der Waals surface area (Å²) in [6, 6.07) is 22.5. The van der Waals surface area contributed by atoms with Gasteiger partial charge in [-0.25, -0.2) is 13.4 Å². The van der Waals surface area contributed by atoms with Crippen molar-refractivity contribution in [3.05, 3.63) is 101 Å². The maximum atomic E-state index is 11.9. The number of sulfone groups is 1. The van der Waals surface area contributed by atoms with Crippen LogP contribution in [0.3, 0.4) is 0 Å². The fourth-order valence-corrected chi connectivity index (χ4v) is 4.68. The molecule has 3 aromatic carbocycles. The number of imidazole rings is 1. The van der Waals surface area contributed by atoms with Gasteiger partial charge in [0.25, 0.3) is 0 Å². The zero-order valence-electron chi connectivity index (χ0n) is 19.4. The molecule has 0 saturated heterocycles. The van der Waals surface area contributed by atoms with Crippen LogP contribution in [0, 0.1) is 0 Å². The molecule has 1 heterocycles. The number of nitrogens with zero attached hydrogens (tertiary/aromatic N) is 2. The molecule has 1 aromatic heterocycles. The zero-order chi connectivity index (χ0) is 24.5. The third-order valence-corrected chi connectivity index (χ3v) is 7.20. The molecule has 0 aliphatic rings. The monoisotopic (exact) mass is 494 g/mol. The number of halogens is 1. The van der Waals surface area contributed by atoms with Crippen LogP contribution in [-0.2, 0) is 28.3 Å². The number of aromatic nitrogens is 2. The van der Waals surface area contributed by atoms with Gasteiger partial charge in [-0.05, 0) is 67.3 Å². The summed E-state index contributed by atoms with van der Waals surface area (Å²) in [6.07, 6.45) is 4.44. The van der Waals surface area contributed by atoms with E-state index in [-0.39, 0.29) is 0 Å². The summed E-state index contributed by atoms with van der Waals surface area (Å²) in [5, 5.41) is 11.3. The third-order valence-electron chi connectivity index (χ3n) is 5.72. The van der Waals surface area contributed by atoms with Crippen LogP contribution in [0.25, 0.3) is 16.8 Å². The molecule has 7 heteroatoms. The molecule has 0 atom stereocenters. The number of hydrogen-bond donors (Lipinski definition) is 1. The Morgan fingerprint density at radius 1 is 0.941 bits per heavy atom. The van der Waals surface area contributed by atoms with Crippen LogP contribution in [0.2, 0.25) is 5.02 Å². The minimum Gasteiger partial charge on any atom is -0.384 e. The van der Waals surface area contributed by atoms with Crippen LogP contribution in [0.4, 0.5) is 0 Å². The molecule has 0 aliphatic heterocycles. The highest BCUT2D eigenvalue weighted by atomic mass is 35.5. The van der Waals surface area contributed by atoms with Crippen molar-refractivity contribution in [2.24, 2.45) is 0 Å². The fraction of sp³-hybridized carbons (Fsp3) is 0.222. The summed E-state index contributed by atoms with van der Waals surface area (Å²) in [4.78, 5) is 5.02. The molecule has 176 valence electrons. The Balaban J connectivity index is 1.67. The summed E-state index contributed by atoms with van der Waals surface area (Å²) in [7, 11) is -3.28. The average molecular weight is 495 g/mol. The standard InChI is InChI=1S/C27H27ClN2O3S/c1-27(2,31)25-18-30(26(29-25)16-13-20-7-4-5-10-24(20)28)22-14-11-19(12-15-22)21-8-6-9-23(17-21)34(3,32)33/h4-12,14-15,17-18,31H,13,16H2,1-3H3. The Hall–Kier alpha value is -2.93. The molecule has 4 aromatic rings. The fourth-order valence-electron chi connectivity index (χ4n) is 3.78. The molecular weight excluding hydrogens is 468 g/mol. The van der Waals surface area contributed by atoms with Gasteiger partial charge in [0.1, 0.15) is 11.4 Å². The topological polar surface area (TPSA) is 72.2 Å². The van der Waals surface area contributed by atoms with E-state index in [4.69, 9.17) is 16.6 Å². The lowest BCUT2D eigenvalue weighted by Gasteiger charge is -2.13. The molecule has 0 bridgehead atoms. The predicted molar refractivity (Wildman–Crippen MR) is 136 cm³/mol. The van der Waals surface area contributed by atoms with Gasteiger partial charge in [-0.2, -0.15) is 0 Å². The van der Waals surface area contributed by atoms with Crippen molar-refractivity contribution in [3.63, 3.8) is 0 Å². The van der Waals surface area contributed by atoms with Gasteiger partial charge in [0.15, 0.2) is 9.84 Å². The normalized spacial score (nSPS) is 12.1. The SMILES string of the molecule is CC(C)(O)c1cn(-c2ccc(-c3cccc(S(C)(=O)=O)c3)cc2)c(CCc2ccccc2Cl)n1. The molecule has 5 nitrogen and oxygen atoms in total. The highest BCUT2D eigenvalue weighted by molar-refractivity contribution is 7.90. The quantitative estimate of drug-likeness (QED) is 0.362. The van der Waals surface area contributed by atoms with E-state index in [0.29, 0.717) is 17.0 Å². The number of hydrogen-bond acceptors (Lipinski definition) is 4. The molecule has 0 saturated carbocycles. The highest BCUT2D eigenvalue weighted by Gasteiger charge is 2.22. The predicted octanol–water partition coefficient (Wildman–Crippen LogP) is 5.61. The maximum absolute atomic E-state index is 11.9. The van der Waals surface area contributed by atoms with Crippen LogP contribution < -0.4 is 0 Å². The van der Waals surface area contributed by atoms with Crippen molar-refractivity contribution >= 4 is 21.4 Å². The Morgan fingerprint density at radius 2 is 1.65 bits per heavy atom. The van der Waals surface area contributed by atoms with E-state index < -0.39 is 15.4 Å². The molecule has 0 aliphatic carbocycles. The van der Waals surface area contributed by atoms with Gasteiger partial charge in [-0.3, -0.25) is 0 Å². The first-order valence-corrected chi connectivity index (χ1v) is 13.2. The molecule has 0 amide bonds. The highest BCUT2D eigenvalue weighted by Crippen LogP contribution is 2.27. The lowest BCUT2D eigenvalue weighted by atomic mass is 10.1. The third kappa shape index (κ3) is 5.41. The summed E-state index contributed by atoms with van der Waals surface area (Å²) in [5.74, 6) is 0.823.